The molecule has 11 heteroatoms. The molecule has 2 aromatic rings. The van der Waals surface area contributed by atoms with Crippen molar-refractivity contribution in [2.45, 2.75) is 38.3 Å². The van der Waals surface area contributed by atoms with Crippen molar-refractivity contribution in [3.05, 3.63) is 42.0 Å². The van der Waals surface area contributed by atoms with Crippen molar-refractivity contribution in [3.63, 3.8) is 0 Å². The zero-order valence-corrected chi connectivity index (χ0v) is 17.8. The number of rotatable bonds is 5. The van der Waals surface area contributed by atoms with Crippen molar-refractivity contribution < 1.29 is 19.4 Å². The highest BCUT2D eigenvalue weighted by atomic mass is 16.5. The maximum absolute atomic E-state index is 13.3. The number of likely N-dealkylation sites (tertiary alicyclic amines) is 2. The maximum atomic E-state index is 13.3. The number of carbonyl (C=O) groups is 2. The lowest BCUT2D eigenvalue weighted by Gasteiger charge is -2.38. The van der Waals surface area contributed by atoms with E-state index in [1.807, 2.05) is 13.0 Å². The number of aliphatic hydroxyl groups is 1. The lowest BCUT2D eigenvalue weighted by atomic mass is 9.76. The van der Waals surface area contributed by atoms with Gasteiger partial charge in [0, 0.05) is 30.4 Å². The molecular weight excluding hydrogens is 414 g/mol. The number of β-amino-alcohol motifs (C(OH)–C–C–N with tert-alkyl or cyclic N) is 1. The zero-order valence-electron chi connectivity index (χ0n) is 17.8. The molecule has 1 N–H and O–H groups in total. The number of aromatic nitrogens is 5. The first kappa shape index (κ1) is 20.7. The van der Waals surface area contributed by atoms with E-state index in [4.69, 9.17) is 4.74 Å². The van der Waals surface area contributed by atoms with Gasteiger partial charge in [-0.1, -0.05) is 6.07 Å². The third-order valence-electron chi connectivity index (χ3n) is 6.74. The largest absolute Gasteiger partial charge is 0.456 e. The number of ether oxygens (including phenoxy) is 1. The van der Waals surface area contributed by atoms with Crippen LogP contribution in [0.1, 0.15) is 37.9 Å². The minimum absolute atomic E-state index is 0.0464. The first-order chi connectivity index (χ1) is 15.4. The van der Waals surface area contributed by atoms with E-state index in [1.54, 1.807) is 17.2 Å². The highest BCUT2D eigenvalue weighted by molar-refractivity contribution is 5.91. The number of pyridine rings is 1. The van der Waals surface area contributed by atoms with Crippen LogP contribution in [0.3, 0.4) is 0 Å². The highest BCUT2D eigenvalue weighted by Crippen LogP contribution is 2.46. The normalized spacial score (nSPS) is 24.1. The van der Waals surface area contributed by atoms with Crippen molar-refractivity contribution >= 4 is 11.9 Å². The van der Waals surface area contributed by atoms with Crippen LogP contribution in [0.4, 0.5) is 0 Å². The Bertz CT molecular complexity index is 1030. The molecule has 2 saturated heterocycles. The second kappa shape index (κ2) is 8.06. The molecule has 3 aliphatic heterocycles. The summed E-state index contributed by atoms with van der Waals surface area (Å²) in [5, 5.41) is 21.7. The van der Waals surface area contributed by atoms with Gasteiger partial charge in [-0.05, 0) is 55.8 Å². The lowest BCUT2D eigenvalue weighted by Crippen LogP contribution is -2.45. The summed E-state index contributed by atoms with van der Waals surface area (Å²) < 4.78 is 6.46. The molecule has 1 spiro atoms. The van der Waals surface area contributed by atoms with E-state index in [2.05, 4.69) is 25.4 Å². The van der Waals surface area contributed by atoms with Gasteiger partial charge in [0.15, 0.2) is 5.82 Å². The fraction of sp³-hybridized carbons (Fsp3) is 0.524. The number of tetrazole rings is 1. The number of aliphatic hydroxyl groups excluding tert-OH is 1. The topological polar surface area (TPSA) is 127 Å². The molecule has 11 nitrogen and oxygen atoms in total. The zero-order chi connectivity index (χ0) is 22.3. The van der Waals surface area contributed by atoms with Gasteiger partial charge >= 0.3 is 5.97 Å². The molecule has 5 rings (SSSR count). The molecular formula is C21H25N7O4. The smallest absolute Gasteiger partial charge is 0.333 e. The molecule has 5 heterocycles. The molecule has 2 fully saturated rings. The van der Waals surface area contributed by atoms with Gasteiger partial charge in [-0.15, -0.1) is 5.10 Å². The molecule has 2 aromatic heterocycles. The minimum atomic E-state index is -0.680. The number of esters is 1. The summed E-state index contributed by atoms with van der Waals surface area (Å²) in [6, 6.07) is 3.63. The van der Waals surface area contributed by atoms with Gasteiger partial charge in [-0.3, -0.25) is 4.79 Å². The molecule has 0 radical (unpaired) electrons. The SMILES string of the molecule is C[C@H]1CC2(CCN(CC(O)c3ccc(-n4cnnn4)nc3)CC2)C(=O)N1C1=CC(=O)OC1. The van der Waals surface area contributed by atoms with Crippen LogP contribution < -0.4 is 0 Å². The first-order valence-corrected chi connectivity index (χ1v) is 10.8. The van der Waals surface area contributed by atoms with Crippen LogP contribution in [-0.2, 0) is 14.3 Å². The number of hydrogen-bond donors (Lipinski definition) is 1. The van der Waals surface area contributed by atoms with Crippen LogP contribution >= 0.6 is 0 Å². The minimum Gasteiger partial charge on any atom is -0.456 e. The van der Waals surface area contributed by atoms with E-state index in [-0.39, 0.29) is 24.5 Å². The summed E-state index contributed by atoms with van der Waals surface area (Å²) in [5.41, 5.74) is 0.985. The Morgan fingerprint density at radius 3 is 2.72 bits per heavy atom. The Morgan fingerprint density at radius 2 is 2.09 bits per heavy atom. The Balaban J connectivity index is 1.19. The van der Waals surface area contributed by atoms with E-state index in [1.165, 1.54) is 17.1 Å². The Kier molecular flexibility index (Phi) is 5.22. The molecule has 1 unspecified atom stereocenters. The van der Waals surface area contributed by atoms with Gasteiger partial charge in [0.1, 0.15) is 12.9 Å². The molecule has 32 heavy (non-hydrogen) atoms. The maximum Gasteiger partial charge on any atom is 0.333 e. The lowest BCUT2D eigenvalue weighted by molar-refractivity contribution is -0.139. The Hall–Kier alpha value is -3.18. The summed E-state index contributed by atoms with van der Waals surface area (Å²) in [6.45, 7) is 4.13. The summed E-state index contributed by atoms with van der Waals surface area (Å²) in [7, 11) is 0. The van der Waals surface area contributed by atoms with Crippen LogP contribution in [0, 0.1) is 5.41 Å². The summed E-state index contributed by atoms with van der Waals surface area (Å²) in [5.74, 6) is 0.288. The van der Waals surface area contributed by atoms with Gasteiger partial charge in [0.2, 0.25) is 5.91 Å². The van der Waals surface area contributed by atoms with Gasteiger partial charge in [-0.25, -0.2) is 9.78 Å². The number of piperidine rings is 1. The van der Waals surface area contributed by atoms with E-state index in [0.717, 1.165) is 37.9 Å². The van der Waals surface area contributed by atoms with E-state index < -0.39 is 11.5 Å². The number of amides is 1. The van der Waals surface area contributed by atoms with E-state index in [9.17, 15) is 14.7 Å². The fourth-order valence-electron chi connectivity index (χ4n) is 5.04. The summed E-state index contributed by atoms with van der Waals surface area (Å²) >= 11 is 0. The van der Waals surface area contributed by atoms with E-state index in [0.29, 0.717) is 18.1 Å². The van der Waals surface area contributed by atoms with Crippen molar-refractivity contribution in [1.29, 1.82) is 0 Å². The number of hydrogen-bond acceptors (Lipinski definition) is 9. The van der Waals surface area contributed by atoms with Crippen LogP contribution in [0.15, 0.2) is 36.4 Å². The first-order valence-electron chi connectivity index (χ1n) is 10.8. The van der Waals surface area contributed by atoms with Crippen molar-refractivity contribution in [3.8, 4) is 5.82 Å². The number of cyclic esters (lactones) is 1. The van der Waals surface area contributed by atoms with Crippen LogP contribution in [0.5, 0.6) is 0 Å². The number of nitrogens with zero attached hydrogens (tertiary/aromatic N) is 7. The fourth-order valence-corrected chi connectivity index (χ4v) is 5.04. The molecule has 0 aromatic carbocycles. The van der Waals surface area contributed by atoms with Crippen molar-refractivity contribution in [2.24, 2.45) is 5.41 Å². The number of carbonyl (C=O) groups excluding carboxylic acids is 2. The van der Waals surface area contributed by atoms with Crippen LogP contribution in [-0.4, -0.2) is 84.3 Å². The third-order valence-corrected chi connectivity index (χ3v) is 6.74. The standard InChI is InChI=1S/C21H25N7O4/c1-14-9-21(20(31)28(14)16-8-19(30)32-12-16)4-6-26(7-5-21)11-17(29)15-2-3-18(22-10-15)27-13-23-24-25-27/h2-3,8,10,13-14,17,29H,4-7,9,11-12H2,1H3/t14-,17?/m0/s1. The Labute approximate surface area is 184 Å². The van der Waals surface area contributed by atoms with Gasteiger partial charge in [-0.2, -0.15) is 4.68 Å². The van der Waals surface area contributed by atoms with Crippen molar-refractivity contribution in [1.82, 2.24) is 35.0 Å². The van der Waals surface area contributed by atoms with Crippen LogP contribution in [0.25, 0.3) is 5.82 Å². The molecule has 168 valence electrons. The van der Waals surface area contributed by atoms with Gasteiger partial charge < -0.3 is 19.6 Å². The average Bonchev–Trinajstić information content (AvgIpc) is 3.52. The molecule has 1 amide bonds. The third kappa shape index (κ3) is 3.67. The summed E-state index contributed by atoms with van der Waals surface area (Å²) in [4.78, 5) is 33.0. The molecule has 3 aliphatic rings. The second-order valence-electron chi connectivity index (χ2n) is 8.77. The summed E-state index contributed by atoms with van der Waals surface area (Å²) in [6.07, 6.45) is 6.08. The molecule has 2 atom stereocenters. The second-order valence-corrected chi connectivity index (χ2v) is 8.77. The van der Waals surface area contributed by atoms with Gasteiger partial charge in [0.05, 0.1) is 17.2 Å². The van der Waals surface area contributed by atoms with Crippen molar-refractivity contribution in [2.75, 3.05) is 26.2 Å². The predicted molar refractivity (Wildman–Crippen MR) is 110 cm³/mol. The molecule has 0 aliphatic carbocycles. The Morgan fingerprint density at radius 1 is 1.28 bits per heavy atom. The predicted octanol–water partition coefficient (Wildman–Crippen LogP) is 0.234. The highest BCUT2D eigenvalue weighted by Gasteiger charge is 2.52. The average molecular weight is 439 g/mol. The van der Waals surface area contributed by atoms with E-state index >= 15 is 0 Å². The molecule has 0 saturated carbocycles. The van der Waals surface area contributed by atoms with Gasteiger partial charge in [0.25, 0.3) is 0 Å². The van der Waals surface area contributed by atoms with Crippen LogP contribution in [0.2, 0.25) is 0 Å². The monoisotopic (exact) mass is 439 g/mol. The molecule has 0 bridgehead atoms. The quantitative estimate of drug-likeness (QED) is 0.652.